The van der Waals surface area contributed by atoms with Crippen molar-refractivity contribution in [2.24, 2.45) is 17.3 Å². The number of hydrogen-bond acceptors (Lipinski definition) is 3. The predicted octanol–water partition coefficient (Wildman–Crippen LogP) is 6.66. The third-order valence-corrected chi connectivity index (χ3v) is 8.11. The molecule has 0 radical (unpaired) electrons. The highest BCUT2D eigenvalue weighted by Gasteiger charge is 2.55. The van der Waals surface area contributed by atoms with Gasteiger partial charge in [-0.05, 0) is 72.9 Å². The van der Waals surface area contributed by atoms with Crippen LogP contribution in [-0.2, 0) is 16.1 Å². The molecular weight excluding hydrogens is 490 g/mol. The number of benzene rings is 2. The molecule has 0 atom stereocenters. The highest BCUT2D eigenvalue weighted by Crippen LogP contribution is 2.62. The molecule has 166 valence electrons. The monoisotopic (exact) mass is 513 g/mol. The summed E-state index contributed by atoms with van der Waals surface area (Å²) in [7, 11) is 1.45. The second-order valence-corrected chi connectivity index (χ2v) is 10.8. The number of halogens is 2. The Morgan fingerprint density at radius 1 is 1.09 bits per heavy atom. The number of nitrogens with zero attached hydrogens (tertiary/aromatic N) is 1. The second kappa shape index (κ2) is 8.35. The molecule has 2 aromatic carbocycles. The minimum absolute atomic E-state index is 0.0504. The van der Waals surface area contributed by atoms with Crippen molar-refractivity contribution in [2.75, 3.05) is 7.11 Å². The van der Waals surface area contributed by atoms with Crippen molar-refractivity contribution in [3.8, 4) is 0 Å². The fourth-order valence-electron chi connectivity index (χ4n) is 5.77. The van der Waals surface area contributed by atoms with Gasteiger partial charge in [-0.15, -0.1) is 0 Å². The minimum Gasteiger partial charge on any atom is -0.469 e. The van der Waals surface area contributed by atoms with Gasteiger partial charge in [0.25, 0.3) is 0 Å². The first-order chi connectivity index (χ1) is 15.4. The SMILES string of the molecule is COC(=O)C1CC2(CC(CC(=O)c3ccc(Cl)c4ccn(Cc5ccc(Br)cc5)c34)C2)C1. The number of fused-ring (bicyclic) bond motifs is 1. The van der Waals surface area contributed by atoms with E-state index < -0.39 is 0 Å². The summed E-state index contributed by atoms with van der Waals surface area (Å²) < 4.78 is 8.02. The largest absolute Gasteiger partial charge is 0.469 e. The molecule has 1 heterocycles. The molecule has 2 saturated carbocycles. The van der Waals surface area contributed by atoms with Crippen LogP contribution in [0.3, 0.4) is 0 Å². The molecule has 2 fully saturated rings. The lowest BCUT2D eigenvalue weighted by molar-refractivity contribution is -0.161. The number of carbonyl (C=O) groups excluding carboxylic acids is 2. The average Bonchev–Trinajstić information content (AvgIpc) is 3.14. The average molecular weight is 515 g/mol. The Morgan fingerprint density at radius 3 is 2.50 bits per heavy atom. The van der Waals surface area contributed by atoms with Crippen molar-refractivity contribution in [3.05, 3.63) is 69.3 Å². The van der Waals surface area contributed by atoms with Gasteiger partial charge >= 0.3 is 5.97 Å². The first-order valence-corrected chi connectivity index (χ1v) is 12.2. The van der Waals surface area contributed by atoms with E-state index in [2.05, 4.69) is 32.6 Å². The molecule has 3 aromatic rings. The molecule has 0 saturated heterocycles. The molecule has 0 aliphatic heterocycles. The number of ether oxygens (including phenoxy) is 1. The van der Waals surface area contributed by atoms with Gasteiger partial charge in [0.2, 0.25) is 0 Å². The van der Waals surface area contributed by atoms with Gasteiger partial charge in [0.1, 0.15) is 0 Å². The molecule has 4 nitrogen and oxygen atoms in total. The summed E-state index contributed by atoms with van der Waals surface area (Å²) in [6.45, 7) is 0.679. The van der Waals surface area contributed by atoms with Crippen LogP contribution in [0.2, 0.25) is 5.02 Å². The van der Waals surface area contributed by atoms with Gasteiger partial charge in [0.05, 0.1) is 18.5 Å². The van der Waals surface area contributed by atoms with Gasteiger partial charge in [0.15, 0.2) is 5.78 Å². The fourth-order valence-corrected chi connectivity index (χ4v) is 6.25. The van der Waals surface area contributed by atoms with Crippen LogP contribution in [0.5, 0.6) is 0 Å². The van der Waals surface area contributed by atoms with E-state index in [4.69, 9.17) is 16.3 Å². The standard InChI is InChI=1S/C26H25BrClNO3/c1-32-25(31)18-13-26(14-18)11-17(12-26)10-23(30)21-6-7-22(28)20-8-9-29(24(20)21)15-16-2-4-19(27)5-3-16/h2-9,17-18H,10-15H2,1H3. The van der Waals surface area contributed by atoms with Crippen LogP contribution in [0, 0.1) is 17.3 Å². The lowest BCUT2D eigenvalue weighted by atomic mass is 9.47. The highest BCUT2D eigenvalue weighted by molar-refractivity contribution is 9.10. The fraction of sp³-hybridized carbons (Fsp3) is 0.385. The van der Waals surface area contributed by atoms with E-state index in [1.807, 2.05) is 36.5 Å². The van der Waals surface area contributed by atoms with Gasteiger partial charge < -0.3 is 9.30 Å². The van der Waals surface area contributed by atoms with E-state index in [0.29, 0.717) is 23.9 Å². The van der Waals surface area contributed by atoms with Crippen LogP contribution in [0.15, 0.2) is 53.1 Å². The van der Waals surface area contributed by atoms with Crippen LogP contribution < -0.4 is 0 Å². The molecule has 2 aliphatic rings. The molecule has 0 unspecified atom stereocenters. The first kappa shape index (κ1) is 21.7. The zero-order valence-corrected chi connectivity index (χ0v) is 20.3. The maximum absolute atomic E-state index is 13.3. The lowest BCUT2D eigenvalue weighted by Crippen LogP contribution is -2.50. The van der Waals surface area contributed by atoms with E-state index in [-0.39, 0.29) is 23.1 Å². The minimum atomic E-state index is -0.0924. The highest BCUT2D eigenvalue weighted by atomic mass is 79.9. The number of hydrogen-bond donors (Lipinski definition) is 0. The Labute approximate surface area is 201 Å². The van der Waals surface area contributed by atoms with Gasteiger partial charge in [-0.3, -0.25) is 9.59 Å². The van der Waals surface area contributed by atoms with Crippen LogP contribution in [0.25, 0.3) is 10.9 Å². The second-order valence-electron chi connectivity index (χ2n) is 9.46. The molecule has 6 heteroatoms. The summed E-state index contributed by atoms with van der Waals surface area (Å²) in [6.07, 6.45) is 6.43. The number of rotatable bonds is 6. The van der Waals surface area contributed by atoms with Gasteiger partial charge in [-0.25, -0.2) is 0 Å². The Hall–Kier alpha value is -2.11. The summed E-state index contributed by atoms with van der Waals surface area (Å²) in [5.41, 5.74) is 3.08. The lowest BCUT2D eigenvalue weighted by Gasteiger charge is -2.57. The topological polar surface area (TPSA) is 48.3 Å². The number of esters is 1. The predicted molar refractivity (Wildman–Crippen MR) is 129 cm³/mol. The van der Waals surface area contributed by atoms with Gasteiger partial charge in [-0.2, -0.15) is 0 Å². The van der Waals surface area contributed by atoms with Crippen molar-refractivity contribution < 1.29 is 14.3 Å². The molecular formula is C26H25BrClNO3. The van der Waals surface area contributed by atoms with Crippen molar-refractivity contribution in [2.45, 2.75) is 38.6 Å². The van der Waals surface area contributed by atoms with E-state index >= 15 is 0 Å². The van der Waals surface area contributed by atoms with E-state index in [9.17, 15) is 9.59 Å². The van der Waals surface area contributed by atoms with Crippen molar-refractivity contribution in [3.63, 3.8) is 0 Å². The van der Waals surface area contributed by atoms with Gasteiger partial charge in [0, 0.05) is 39.6 Å². The number of methoxy groups -OCH3 is 1. The molecule has 1 spiro atoms. The Bertz CT molecular complexity index is 1190. The smallest absolute Gasteiger partial charge is 0.308 e. The Kier molecular flexibility index (Phi) is 5.67. The number of Topliss-reactive ketones (excluding diaryl/α,β-unsaturated/α-hetero) is 1. The van der Waals surface area contributed by atoms with Gasteiger partial charge in [-0.1, -0.05) is 39.7 Å². The third-order valence-electron chi connectivity index (χ3n) is 7.25. The number of aromatic nitrogens is 1. The normalized spacial score (nSPS) is 24.2. The molecule has 0 N–H and O–H groups in total. The maximum Gasteiger partial charge on any atom is 0.308 e. The van der Waals surface area contributed by atoms with Crippen LogP contribution >= 0.6 is 27.5 Å². The Balaban J connectivity index is 1.31. The van der Waals surface area contributed by atoms with Crippen LogP contribution in [-0.4, -0.2) is 23.4 Å². The molecule has 0 bridgehead atoms. The molecule has 2 aliphatic carbocycles. The van der Waals surface area contributed by atoms with Crippen molar-refractivity contribution >= 4 is 50.2 Å². The summed E-state index contributed by atoms with van der Waals surface area (Å²) in [4.78, 5) is 25.0. The van der Waals surface area contributed by atoms with Crippen molar-refractivity contribution in [1.29, 1.82) is 0 Å². The van der Waals surface area contributed by atoms with E-state index in [1.165, 1.54) is 7.11 Å². The molecule has 0 amide bonds. The quantitative estimate of drug-likeness (QED) is 0.273. The summed E-state index contributed by atoms with van der Waals surface area (Å²) >= 11 is 9.94. The maximum atomic E-state index is 13.3. The summed E-state index contributed by atoms with van der Waals surface area (Å²) in [5, 5.41) is 1.58. The number of ketones is 1. The zero-order chi connectivity index (χ0) is 22.5. The number of carbonyl (C=O) groups is 2. The van der Waals surface area contributed by atoms with Crippen LogP contribution in [0.4, 0.5) is 0 Å². The van der Waals surface area contributed by atoms with E-state index in [0.717, 1.165) is 52.2 Å². The summed E-state index contributed by atoms with van der Waals surface area (Å²) in [5.74, 6) is 0.521. The molecule has 5 rings (SSSR count). The van der Waals surface area contributed by atoms with E-state index in [1.54, 1.807) is 0 Å². The first-order valence-electron chi connectivity index (χ1n) is 11.0. The third kappa shape index (κ3) is 3.90. The van der Waals surface area contributed by atoms with Crippen molar-refractivity contribution in [1.82, 2.24) is 4.57 Å². The van der Waals surface area contributed by atoms with Crippen LogP contribution in [0.1, 0.15) is 48.0 Å². The molecule has 1 aromatic heterocycles. The Morgan fingerprint density at radius 2 is 1.81 bits per heavy atom. The molecule has 32 heavy (non-hydrogen) atoms. The zero-order valence-electron chi connectivity index (χ0n) is 17.9. The summed E-state index contributed by atoms with van der Waals surface area (Å²) in [6, 6.07) is 13.9.